The third-order valence-corrected chi connectivity index (χ3v) is 4.72. The molecule has 1 fully saturated rings. The number of piperidine rings is 1. The van der Waals surface area contributed by atoms with Crippen molar-refractivity contribution in [1.82, 2.24) is 5.32 Å². The van der Waals surface area contributed by atoms with Crippen LogP contribution in [0.4, 0.5) is 5.69 Å². The highest BCUT2D eigenvalue weighted by molar-refractivity contribution is 5.87. The Labute approximate surface area is 168 Å². The van der Waals surface area contributed by atoms with Crippen LogP contribution in [-0.4, -0.2) is 25.0 Å². The second kappa shape index (κ2) is 9.81. The van der Waals surface area contributed by atoms with Crippen LogP contribution in [0.5, 0.6) is 0 Å². The molecule has 0 bridgehead atoms. The van der Waals surface area contributed by atoms with E-state index in [4.69, 9.17) is 5.73 Å². The summed E-state index contributed by atoms with van der Waals surface area (Å²) in [6, 6.07) is 20.0. The Morgan fingerprint density at radius 1 is 1.08 bits per heavy atom. The van der Waals surface area contributed by atoms with Gasteiger partial charge in [0.1, 0.15) is 5.54 Å². The number of carbonyl (C=O) groups excluding carboxylic acids is 1. The molecule has 3 N–H and O–H groups in total. The van der Waals surface area contributed by atoms with E-state index >= 15 is 0 Å². The van der Waals surface area contributed by atoms with Gasteiger partial charge in [-0.15, -0.1) is 24.8 Å². The van der Waals surface area contributed by atoms with Gasteiger partial charge in [-0.25, -0.2) is 0 Å². The minimum absolute atomic E-state index is 0. The standard InChI is InChI=1S/C20H25N3O.2ClH/c1-20(21,16-9-4-2-5-10-16)19(24)22-17-11-8-14-23(15-17)18-12-6-3-7-13-18;;/h2-7,9-10,12-13,17H,8,11,14-15,21H2,1H3,(H,22,24);2*1H. The molecule has 0 aliphatic carbocycles. The molecule has 1 amide bonds. The van der Waals surface area contributed by atoms with Crippen molar-refractivity contribution in [3.8, 4) is 0 Å². The SMILES string of the molecule is CC(N)(C(=O)NC1CCCN(c2ccccc2)C1)c1ccccc1.Cl.Cl. The lowest BCUT2D eigenvalue weighted by Gasteiger charge is -2.36. The molecular weight excluding hydrogens is 369 g/mol. The van der Waals surface area contributed by atoms with Gasteiger partial charge in [-0.05, 0) is 37.5 Å². The van der Waals surface area contributed by atoms with E-state index in [9.17, 15) is 4.79 Å². The minimum Gasteiger partial charge on any atom is -0.369 e. The Bertz CT molecular complexity index is 680. The number of nitrogens with zero attached hydrogens (tertiary/aromatic N) is 1. The number of hydrogen-bond acceptors (Lipinski definition) is 3. The molecule has 0 spiro atoms. The maximum Gasteiger partial charge on any atom is 0.244 e. The third-order valence-electron chi connectivity index (χ3n) is 4.72. The average molecular weight is 396 g/mol. The predicted octanol–water partition coefficient (Wildman–Crippen LogP) is 3.49. The topological polar surface area (TPSA) is 58.4 Å². The molecule has 0 aromatic heterocycles. The predicted molar refractivity (Wildman–Crippen MR) is 112 cm³/mol. The van der Waals surface area contributed by atoms with E-state index in [0.717, 1.165) is 31.5 Å². The molecule has 0 saturated carbocycles. The Morgan fingerprint density at radius 2 is 1.65 bits per heavy atom. The van der Waals surface area contributed by atoms with Crippen LogP contribution in [0.15, 0.2) is 60.7 Å². The van der Waals surface area contributed by atoms with Crippen LogP contribution in [0.25, 0.3) is 0 Å². The lowest BCUT2D eigenvalue weighted by atomic mass is 9.91. The van der Waals surface area contributed by atoms with Crippen molar-refractivity contribution in [2.75, 3.05) is 18.0 Å². The van der Waals surface area contributed by atoms with E-state index in [-0.39, 0.29) is 36.8 Å². The van der Waals surface area contributed by atoms with Gasteiger partial charge in [-0.3, -0.25) is 4.79 Å². The first-order valence-corrected chi connectivity index (χ1v) is 8.53. The molecule has 2 unspecified atom stereocenters. The molecule has 1 aliphatic rings. The number of nitrogens with two attached hydrogens (primary N) is 1. The third kappa shape index (κ3) is 5.13. The van der Waals surface area contributed by atoms with Gasteiger partial charge in [0.05, 0.1) is 0 Å². The number of amides is 1. The summed E-state index contributed by atoms with van der Waals surface area (Å²) in [5.41, 5.74) is 7.34. The van der Waals surface area contributed by atoms with Crippen molar-refractivity contribution in [3.63, 3.8) is 0 Å². The fraction of sp³-hybridized carbons (Fsp3) is 0.350. The van der Waals surface area contributed by atoms with Gasteiger partial charge < -0.3 is 16.0 Å². The summed E-state index contributed by atoms with van der Waals surface area (Å²) in [5, 5.41) is 3.15. The Hall–Kier alpha value is -1.75. The highest BCUT2D eigenvalue weighted by atomic mass is 35.5. The van der Waals surface area contributed by atoms with E-state index in [1.807, 2.05) is 48.5 Å². The highest BCUT2D eigenvalue weighted by Crippen LogP contribution is 2.21. The lowest BCUT2D eigenvalue weighted by Crippen LogP contribution is -2.55. The first kappa shape index (κ1) is 22.3. The van der Waals surface area contributed by atoms with Gasteiger partial charge in [0.2, 0.25) is 5.91 Å². The van der Waals surface area contributed by atoms with Crippen molar-refractivity contribution in [2.24, 2.45) is 5.73 Å². The maximum atomic E-state index is 12.7. The van der Waals surface area contributed by atoms with Crippen LogP contribution >= 0.6 is 24.8 Å². The fourth-order valence-electron chi connectivity index (χ4n) is 3.22. The number of benzene rings is 2. The molecule has 26 heavy (non-hydrogen) atoms. The van der Waals surface area contributed by atoms with Crippen molar-refractivity contribution >= 4 is 36.4 Å². The Morgan fingerprint density at radius 3 is 2.27 bits per heavy atom. The summed E-state index contributed by atoms with van der Waals surface area (Å²) >= 11 is 0. The first-order valence-electron chi connectivity index (χ1n) is 8.53. The first-order chi connectivity index (χ1) is 11.6. The molecule has 2 aromatic rings. The van der Waals surface area contributed by atoms with Crippen molar-refractivity contribution in [1.29, 1.82) is 0 Å². The molecule has 3 rings (SSSR count). The maximum absolute atomic E-state index is 12.7. The zero-order chi connectivity index (χ0) is 17.0. The van der Waals surface area contributed by atoms with Crippen molar-refractivity contribution < 1.29 is 4.79 Å². The average Bonchev–Trinajstić information content (AvgIpc) is 2.63. The summed E-state index contributed by atoms with van der Waals surface area (Å²) in [4.78, 5) is 15.0. The van der Waals surface area contributed by atoms with Crippen LogP contribution < -0.4 is 16.0 Å². The fourth-order valence-corrected chi connectivity index (χ4v) is 3.22. The summed E-state index contributed by atoms with van der Waals surface area (Å²) < 4.78 is 0. The van der Waals surface area contributed by atoms with E-state index in [2.05, 4.69) is 22.3 Å². The molecule has 142 valence electrons. The van der Waals surface area contributed by atoms with Gasteiger partial charge in [0.15, 0.2) is 0 Å². The smallest absolute Gasteiger partial charge is 0.244 e. The normalized spacial score (nSPS) is 18.7. The largest absolute Gasteiger partial charge is 0.369 e. The van der Waals surface area contributed by atoms with Crippen LogP contribution in [0.1, 0.15) is 25.3 Å². The lowest BCUT2D eigenvalue weighted by molar-refractivity contribution is -0.126. The summed E-state index contributed by atoms with van der Waals surface area (Å²) in [6.07, 6.45) is 2.05. The summed E-state index contributed by atoms with van der Waals surface area (Å²) in [6.45, 7) is 3.62. The number of halogens is 2. The second-order valence-corrected chi connectivity index (χ2v) is 6.66. The summed E-state index contributed by atoms with van der Waals surface area (Å²) in [5.74, 6) is -0.117. The minimum atomic E-state index is -1.02. The zero-order valence-corrected chi connectivity index (χ0v) is 16.6. The molecule has 2 atom stereocenters. The number of carbonyl (C=O) groups is 1. The van der Waals surface area contributed by atoms with Gasteiger partial charge in [-0.2, -0.15) is 0 Å². The monoisotopic (exact) mass is 395 g/mol. The number of anilines is 1. The van der Waals surface area contributed by atoms with Crippen LogP contribution in [0, 0.1) is 0 Å². The van der Waals surface area contributed by atoms with E-state index in [0.29, 0.717) is 0 Å². The van der Waals surface area contributed by atoms with Crippen LogP contribution in [0.2, 0.25) is 0 Å². The van der Waals surface area contributed by atoms with Crippen LogP contribution in [-0.2, 0) is 10.3 Å². The summed E-state index contributed by atoms with van der Waals surface area (Å²) in [7, 11) is 0. The zero-order valence-electron chi connectivity index (χ0n) is 14.9. The Balaban J connectivity index is 0.00000169. The van der Waals surface area contributed by atoms with Gasteiger partial charge in [-0.1, -0.05) is 48.5 Å². The molecule has 1 saturated heterocycles. The van der Waals surface area contributed by atoms with E-state index in [1.165, 1.54) is 5.69 Å². The second-order valence-electron chi connectivity index (χ2n) is 6.66. The molecule has 2 aromatic carbocycles. The highest BCUT2D eigenvalue weighted by Gasteiger charge is 2.32. The van der Waals surface area contributed by atoms with Gasteiger partial charge >= 0.3 is 0 Å². The number of rotatable bonds is 4. The van der Waals surface area contributed by atoms with Crippen LogP contribution in [0.3, 0.4) is 0 Å². The molecule has 1 heterocycles. The molecule has 4 nitrogen and oxygen atoms in total. The van der Waals surface area contributed by atoms with Gasteiger partial charge in [0.25, 0.3) is 0 Å². The molecule has 6 heteroatoms. The van der Waals surface area contributed by atoms with E-state index in [1.54, 1.807) is 6.92 Å². The number of nitrogens with one attached hydrogen (secondary N) is 1. The van der Waals surface area contributed by atoms with Gasteiger partial charge in [0, 0.05) is 24.8 Å². The quantitative estimate of drug-likeness (QED) is 0.832. The van der Waals surface area contributed by atoms with E-state index < -0.39 is 5.54 Å². The Kier molecular flexibility index (Phi) is 8.41. The number of hydrogen-bond donors (Lipinski definition) is 2. The van der Waals surface area contributed by atoms with Crippen molar-refractivity contribution in [3.05, 3.63) is 66.2 Å². The van der Waals surface area contributed by atoms with Crippen molar-refractivity contribution in [2.45, 2.75) is 31.3 Å². The molecule has 1 aliphatic heterocycles. The molecule has 0 radical (unpaired) electrons. The molecular formula is C20H27Cl2N3O. The number of para-hydroxylation sites is 1.